The number of benzene rings is 1. The molecule has 2 saturated carbocycles. The number of hydrogen-bond donors (Lipinski definition) is 2. The third-order valence-electron chi connectivity index (χ3n) is 7.42. The Morgan fingerprint density at radius 2 is 1.90 bits per heavy atom. The molecule has 8 heteroatoms. The van der Waals surface area contributed by atoms with E-state index in [1.54, 1.807) is 12.5 Å². The first-order chi connectivity index (χ1) is 15.0. The molecule has 1 aliphatic heterocycles. The number of nitrogens with zero attached hydrogens (tertiary/aromatic N) is 3. The van der Waals surface area contributed by atoms with Crippen LogP contribution >= 0.6 is 11.6 Å². The number of anilines is 2. The Morgan fingerprint density at radius 3 is 2.45 bits per heavy atom. The maximum atomic E-state index is 12.3. The zero-order valence-electron chi connectivity index (χ0n) is 17.8. The SMILES string of the molecule is C[S@@](=O)c1cnc(N2CC3CCC(C2)C3c2ccc(Cl)cc2)nc1NC1(CO)CCC1. The molecule has 2 bridgehead atoms. The maximum absolute atomic E-state index is 12.3. The summed E-state index contributed by atoms with van der Waals surface area (Å²) >= 11 is 6.09. The molecule has 0 radical (unpaired) electrons. The van der Waals surface area contributed by atoms with Crippen LogP contribution in [0.4, 0.5) is 11.8 Å². The van der Waals surface area contributed by atoms with E-state index >= 15 is 0 Å². The van der Waals surface area contributed by atoms with E-state index in [0.717, 1.165) is 37.4 Å². The number of piperidine rings is 1. The maximum Gasteiger partial charge on any atom is 0.227 e. The predicted octanol–water partition coefficient (Wildman–Crippen LogP) is 3.82. The molecule has 5 rings (SSSR count). The largest absolute Gasteiger partial charge is 0.394 e. The van der Waals surface area contributed by atoms with Gasteiger partial charge in [0.05, 0.1) is 34.0 Å². The van der Waals surface area contributed by atoms with Crippen molar-refractivity contribution < 1.29 is 9.32 Å². The summed E-state index contributed by atoms with van der Waals surface area (Å²) in [6.45, 7) is 1.89. The number of aliphatic hydroxyl groups excluding tert-OH is 1. The van der Waals surface area contributed by atoms with Crippen molar-refractivity contribution in [2.75, 3.05) is 36.2 Å². The van der Waals surface area contributed by atoms with Gasteiger partial charge in [0.1, 0.15) is 5.82 Å². The average Bonchev–Trinajstić information content (AvgIpc) is 3.00. The molecule has 2 aromatic rings. The summed E-state index contributed by atoms with van der Waals surface area (Å²) in [6, 6.07) is 8.32. The topological polar surface area (TPSA) is 78.4 Å². The third kappa shape index (κ3) is 3.96. The van der Waals surface area contributed by atoms with Gasteiger partial charge in [-0.2, -0.15) is 4.98 Å². The number of nitrogens with one attached hydrogen (secondary N) is 1. The minimum absolute atomic E-state index is 0.0543. The average molecular weight is 461 g/mol. The van der Waals surface area contributed by atoms with Crippen molar-refractivity contribution in [3.05, 3.63) is 41.0 Å². The summed E-state index contributed by atoms with van der Waals surface area (Å²) in [6.07, 6.45) is 8.64. The number of halogens is 1. The lowest BCUT2D eigenvalue weighted by atomic mass is 9.77. The Hall–Kier alpha value is -1.70. The molecule has 2 unspecified atom stereocenters. The second-order valence-corrected chi connectivity index (χ2v) is 11.1. The molecule has 1 aromatic heterocycles. The molecule has 2 heterocycles. The van der Waals surface area contributed by atoms with Crippen LogP contribution in [0.3, 0.4) is 0 Å². The molecule has 2 aliphatic carbocycles. The van der Waals surface area contributed by atoms with Crippen LogP contribution < -0.4 is 10.2 Å². The van der Waals surface area contributed by atoms with E-state index in [0.29, 0.717) is 34.4 Å². The summed E-state index contributed by atoms with van der Waals surface area (Å²) in [4.78, 5) is 12.3. The first kappa shape index (κ1) is 21.2. The van der Waals surface area contributed by atoms with E-state index in [9.17, 15) is 9.32 Å². The second-order valence-electron chi connectivity index (χ2n) is 9.33. The molecule has 0 amide bonds. The lowest BCUT2D eigenvalue weighted by molar-refractivity contribution is 0.143. The highest BCUT2D eigenvalue weighted by atomic mass is 35.5. The van der Waals surface area contributed by atoms with Crippen LogP contribution in [0.1, 0.15) is 43.6 Å². The summed E-state index contributed by atoms with van der Waals surface area (Å²) in [5, 5.41) is 14.1. The predicted molar refractivity (Wildman–Crippen MR) is 124 cm³/mol. The minimum Gasteiger partial charge on any atom is -0.394 e. The van der Waals surface area contributed by atoms with Crippen LogP contribution in [0.5, 0.6) is 0 Å². The van der Waals surface area contributed by atoms with Crippen LogP contribution in [0.25, 0.3) is 0 Å². The van der Waals surface area contributed by atoms with Crippen LogP contribution in [0.2, 0.25) is 5.02 Å². The molecular weight excluding hydrogens is 432 g/mol. The molecular formula is C23H29ClN4O2S. The van der Waals surface area contributed by atoms with Crippen LogP contribution in [-0.4, -0.2) is 50.8 Å². The molecule has 0 spiro atoms. The number of fused-ring (bicyclic) bond motifs is 2. The normalized spacial score (nSPS) is 27.6. The highest BCUT2D eigenvalue weighted by Gasteiger charge is 2.43. The van der Waals surface area contributed by atoms with Gasteiger partial charge in [-0.1, -0.05) is 23.7 Å². The van der Waals surface area contributed by atoms with E-state index < -0.39 is 10.8 Å². The van der Waals surface area contributed by atoms with E-state index in [-0.39, 0.29) is 12.1 Å². The van der Waals surface area contributed by atoms with Gasteiger partial charge in [0.15, 0.2) is 0 Å². The van der Waals surface area contributed by atoms with Gasteiger partial charge in [-0.15, -0.1) is 0 Å². The van der Waals surface area contributed by atoms with Gasteiger partial charge in [0.25, 0.3) is 0 Å². The van der Waals surface area contributed by atoms with Gasteiger partial charge in [-0.25, -0.2) is 4.98 Å². The fourth-order valence-electron chi connectivity index (χ4n) is 5.61. The van der Waals surface area contributed by atoms with Gasteiger partial charge in [0, 0.05) is 24.4 Å². The minimum atomic E-state index is -1.20. The van der Waals surface area contributed by atoms with Crippen molar-refractivity contribution in [2.24, 2.45) is 11.8 Å². The molecule has 3 aliphatic rings. The molecule has 6 nitrogen and oxygen atoms in total. The lowest BCUT2D eigenvalue weighted by Gasteiger charge is -2.42. The summed E-state index contributed by atoms with van der Waals surface area (Å²) in [5.74, 6) is 2.98. The first-order valence-corrected chi connectivity index (χ1v) is 13.0. The Morgan fingerprint density at radius 1 is 1.23 bits per heavy atom. The second kappa shape index (κ2) is 8.34. The molecule has 31 heavy (non-hydrogen) atoms. The van der Waals surface area contributed by atoms with E-state index in [1.165, 1.54) is 18.4 Å². The first-order valence-electron chi connectivity index (χ1n) is 11.1. The number of aliphatic hydroxyl groups is 1. The fourth-order valence-corrected chi connectivity index (χ4v) is 6.30. The highest BCUT2D eigenvalue weighted by molar-refractivity contribution is 7.84. The molecule has 1 saturated heterocycles. The Bertz CT molecular complexity index is 963. The standard InChI is InChI=1S/C23H29ClN4O2S/c1-31(30)19-11-25-22(26-21(19)27-23(14-29)9-2-10-23)28-12-16-3-4-17(13-28)20(16)15-5-7-18(24)8-6-15/h5-8,11,16-17,20,29H,2-4,9-10,12-14H2,1H3,(H,25,26,27)/t16?,17?,20?,31-/m1/s1. The molecule has 3 fully saturated rings. The Balaban J connectivity index is 1.39. The summed E-state index contributed by atoms with van der Waals surface area (Å²) in [5.41, 5.74) is 1.03. The monoisotopic (exact) mass is 460 g/mol. The Labute approximate surface area is 190 Å². The van der Waals surface area contributed by atoms with Crippen LogP contribution in [0, 0.1) is 11.8 Å². The summed E-state index contributed by atoms with van der Waals surface area (Å²) in [7, 11) is -1.20. The van der Waals surface area contributed by atoms with Crippen molar-refractivity contribution in [3.63, 3.8) is 0 Å². The lowest BCUT2D eigenvalue weighted by Crippen LogP contribution is -2.49. The van der Waals surface area contributed by atoms with Gasteiger partial charge >= 0.3 is 0 Å². The van der Waals surface area contributed by atoms with Crippen molar-refractivity contribution in [1.82, 2.24) is 9.97 Å². The van der Waals surface area contributed by atoms with E-state index in [1.807, 2.05) is 12.1 Å². The summed E-state index contributed by atoms with van der Waals surface area (Å²) < 4.78 is 12.3. The van der Waals surface area contributed by atoms with Gasteiger partial charge in [-0.3, -0.25) is 4.21 Å². The molecule has 1 aromatic carbocycles. The van der Waals surface area contributed by atoms with E-state index in [2.05, 4.69) is 27.3 Å². The molecule has 2 N–H and O–H groups in total. The molecule has 166 valence electrons. The van der Waals surface area contributed by atoms with Crippen molar-refractivity contribution in [2.45, 2.75) is 48.5 Å². The highest BCUT2D eigenvalue weighted by Crippen LogP contribution is 2.48. The van der Waals surface area contributed by atoms with Gasteiger partial charge < -0.3 is 15.3 Å². The van der Waals surface area contributed by atoms with Crippen molar-refractivity contribution in [3.8, 4) is 0 Å². The quantitative estimate of drug-likeness (QED) is 0.682. The zero-order valence-corrected chi connectivity index (χ0v) is 19.3. The van der Waals surface area contributed by atoms with Gasteiger partial charge in [0.2, 0.25) is 5.95 Å². The van der Waals surface area contributed by atoms with Crippen molar-refractivity contribution >= 4 is 34.2 Å². The van der Waals surface area contributed by atoms with Gasteiger partial charge in [-0.05, 0) is 67.6 Å². The zero-order chi connectivity index (χ0) is 21.6. The number of aromatic nitrogens is 2. The third-order valence-corrected chi connectivity index (χ3v) is 8.59. The van der Waals surface area contributed by atoms with Crippen LogP contribution in [0.15, 0.2) is 35.4 Å². The van der Waals surface area contributed by atoms with Crippen molar-refractivity contribution in [1.29, 1.82) is 0 Å². The Kier molecular flexibility index (Phi) is 5.69. The van der Waals surface area contributed by atoms with Crippen LogP contribution in [-0.2, 0) is 10.8 Å². The smallest absolute Gasteiger partial charge is 0.227 e. The molecule has 3 atom stereocenters. The fraction of sp³-hybridized carbons (Fsp3) is 0.565. The number of hydrogen-bond acceptors (Lipinski definition) is 6. The van der Waals surface area contributed by atoms with E-state index in [4.69, 9.17) is 16.6 Å². The number of rotatable bonds is 6.